The molecule has 148 valence electrons. The number of Topliss-reactive ketones (excluding diaryl/α,β-unsaturated/α-hetero) is 1. The van der Waals surface area contributed by atoms with Gasteiger partial charge in [0, 0.05) is 31.5 Å². The minimum Gasteiger partial charge on any atom is -0.305 e. The summed E-state index contributed by atoms with van der Waals surface area (Å²) in [6.07, 6.45) is 4.41. The van der Waals surface area contributed by atoms with Crippen LogP contribution in [-0.2, 0) is 17.6 Å². The molecule has 2 atom stereocenters. The first kappa shape index (κ1) is 19.9. The van der Waals surface area contributed by atoms with E-state index in [1.165, 1.54) is 37.1 Å². The highest BCUT2D eigenvalue weighted by molar-refractivity contribution is 6.42. The molecule has 1 saturated heterocycles. The lowest BCUT2D eigenvalue weighted by Crippen LogP contribution is -2.45. The van der Waals surface area contributed by atoms with Crippen molar-refractivity contribution in [2.75, 3.05) is 19.6 Å². The standard InChI is InChI=1S/C23H26Cl2N2O/c24-21-8-7-16(12-22(21)25)11-19(28)14-18-13-17-5-1-2-6-20(17)23(26-18)15-27-9-3-4-10-27/h1-2,5-8,12,18,23,26H,3-4,9-11,13-15H2. The molecule has 0 aliphatic carbocycles. The van der Waals surface area contributed by atoms with Crippen LogP contribution in [-0.4, -0.2) is 36.4 Å². The fraction of sp³-hybridized carbons (Fsp3) is 0.435. The maximum atomic E-state index is 12.7. The Morgan fingerprint density at radius 3 is 2.64 bits per heavy atom. The van der Waals surface area contributed by atoms with Crippen molar-refractivity contribution in [2.45, 2.75) is 44.2 Å². The zero-order valence-electron chi connectivity index (χ0n) is 16.0. The highest BCUT2D eigenvalue weighted by atomic mass is 35.5. The number of benzene rings is 2. The third kappa shape index (κ3) is 4.77. The maximum absolute atomic E-state index is 12.7. The van der Waals surface area contributed by atoms with Gasteiger partial charge < -0.3 is 10.2 Å². The number of likely N-dealkylation sites (tertiary alicyclic amines) is 1. The number of rotatable bonds is 6. The van der Waals surface area contributed by atoms with Crippen LogP contribution in [0.25, 0.3) is 0 Å². The SMILES string of the molecule is O=C(Cc1ccc(Cl)c(Cl)c1)CC1Cc2ccccc2C(CN2CCCC2)N1. The summed E-state index contributed by atoms with van der Waals surface area (Å²) in [5, 5.41) is 4.79. The lowest BCUT2D eigenvalue weighted by molar-refractivity contribution is -0.119. The van der Waals surface area contributed by atoms with Gasteiger partial charge >= 0.3 is 0 Å². The van der Waals surface area contributed by atoms with Gasteiger partial charge in [-0.1, -0.05) is 53.5 Å². The largest absolute Gasteiger partial charge is 0.305 e. The molecule has 2 aliphatic heterocycles. The van der Waals surface area contributed by atoms with E-state index in [1.807, 2.05) is 6.07 Å². The third-order valence-corrected chi connectivity index (χ3v) is 6.57. The fourth-order valence-corrected chi connectivity index (χ4v) is 4.81. The number of hydrogen-bond acceptors (Lipinski definition) is 3. The van der Waals surface area contributed by atoms with E-state index in [0.29, 0.717) is 28.9 Å². The number of fused-ring (bicyclic) bond motifs is 1. The van der Waals surface area contributed by atoms with Crippen LogP contribution in [0.5, 0.6) is 0 Å². The molecular weight excluding hydrogens is 391 g/mol. The van der Waals surface area contributed by atoms with Crippen molar-refractivity contribution < 1.29 is 4.79 Å². The van der Waals surface area contributed by atoms with Gasteiger partial charge in [0.05, 0.1) is 10.0 Å². The number of nitrogens with one attached hydrogen (secondary N) is 1. The summed E-state index contributed by atoms with van der Waals surface area (Å²) < 4.78 is 0. The predicted octanol–water partition coefficient (Wildman–Crippen LogP) is 4.85. The molecule has 1 fully saturated rings. The lowest BCUT2D eigenvalue weighted by Gasteiger charge is -2.35. The van der Waals surface area contributed by atoms with Crippen molar-refractivity contribution in [3.8, 4) is 0 Å². The molecule has 2 aliphatic rings. The first-order chi connectivity index (χ1) is 13.6. The number of nitrogens with zero attached hydrogens (tertiary/aromatic N) is 1. The molecule has 0 spiro atoms. The molecule has 2 unspecified atom stereocenters. The summed E-state index contributed by atoms with van der Waals surface area (Å²) in [4.78, 5) is 15.2. The topological polar surface area (TPSA) is 32.3 Å². The number of hydrogen-bond donors (Lipinski definition) is 1. The molecule has 2 aromatic rings. The minimum atomic E-state index is 0.178. The Morgan fingerprint density at radius 1 is 1.07 bits per heavy atom. The molecule has 0 aromatic heterocycles. The van der Waals surface area contributed by atoms with E-state index >= 15 is 0 Å². The van der Waals surface area contributed by atoms with Crippen LogP contribution in [0, 0.1) is 0 Å². The molecule has 0 saturated carbocycles. The molecule has 4 rings (SSSR count). The summed E-state index contributed by atoms with van der Waals surface area (Å²) in [7, 11) is 0. The van der Waals surface area contributed by atoms with Gasteiger partial charge in [-0.25, -0.2) is 0 Å². The molecule has 2 heterocycles. The van der Waals surface area contributed by atoms with Gasteiger partial charge in [0.2, 0.25) is 0 Å². The van der Waals surface area contributed by atoms with Crippen molar-refractivity contribution in [3.05, 3.63) is 69.2 Å². The molecule has 0 amide bonds. The summed E-state index contributed by atoms with van der Waals surface area (Å²) >= 11 is 12.1. The Morgan fingerprint density at radius 2 is 1.86 bits per heavy atom. The van der Waals surface area contributed by atoms with E-state index in [4.69, 9.17) is 23.2 Å². The Labute approximate surface area is 177 Å². The zero-order chi connectivity index (χ0) is 19.5. The molecule has 28 heavy (non-hydrogen) atoms. The smallest absolute Gasteiger partial charge is 0.138 e. The van der Waals surface area contributed by atoms with Crippen LogP contribution in [0.3, 0.4) is 0 Å². The summed E-state index contributed by atoms with van der Waals surface area (Å²) in [6, 6.07) is 14.6. The molecule has 0 bridgehead atoms. The third-order valence-electron chi connectivity index (χ3n) is 5.83. The van der Waals surface area contributed by atoms with E-state index in [-0.39, 0.29) is 11.8 Å². The van der Waals surface area contributed by atoms with Gasteiger partial charge in [-0.2, -0.15) is 0 Å². The molecule has 1 N–H and O–H groups in total. The summed E-state index contributed by atoms with van der Waals surface area (Å²) in [5.74, 6) is 0.232. The van der Waals surface area contributed by atoms with Crippen LogP contribution in [0.4, 0.5) is 0 Å². The fourth-order valence-electron chi connectivity index (χ4n) is 4.49. The van der Waals surface area contributed by atoms with E-state index in [9.17, 15) is 4.79 Å². The summed E-state index contributed by atoms with van der Waals surface area (Å²) in [5.41, 5.74) is 3.68. The van der Waals surface area contributed by atoms with Crippen molar-refractivity contribution in [1.82, 2.24) is 10.2 Å². The number of ketones is 1. The van der Waals surface area contributed by atoms with Crippen molar-refractivity contribution >= 4 is 29.0 Å². The highest BCUT2D eigenvalue weighted by Gasteiger charge is 2.29. The van der Waals surface area contributed by atoms with Gasteiger partial charge in [-0.15, -0.1) is 0 Å². The van der Waals surface area contributed by atoms with Crippen molar-refractivity contribution in [2.24, 2.45) is 0 Å². The van der Waals surface area contributed by atoms with Crippen molar-refractivity contribution in [1.29, 1.82) is 0 Å². The average Bonchev–Trinajstić information content (AvgIpc) is 3.18. The molecular formula is C23H26Cl2N2O. The van der Waals surface area contributed by atoms with Gasteiger partial charge in [0.25, 0.3) is 0 Å². The number of halogens is 2. The lowest BCUT2D eigenvalue weighted by atomic mass is 9.87. The number of carbonyl (C=O) groups is 1. The Hall–Kier alpha value is -1.39. The van der Waals surface area contributed by atoms with E-state index in [1.54, 1.807) is 12.1 Å². The molecule has 3 nitrogen and oxygen atoms in total. The zero-order valence-corrected chi connectivity index (χ0v) is 17.5. The van der Waals surface area contributed by atoms with Crippen LogP contribution in [0.1, 0.15) is 42.0 Å². The molecule has 2 aromatic carbocycles. The Balaban J connectivity index is 1.42. The first-order valence-corrected chi connectivity index (χ1v) is 10.9. The second-order valence-electron chi connectivity index (χ2n) is 7.99. The van der Waals surface area contributed by atoms with E-state index < -0.39 is 0 Å². The van der Waals surface area contributed by atoms with Gasteiger partial charge in [-0.3, -0.25) is 4.79 Å². The van der Waals surface area contributed by atoms with Crippen LogP contribution in [0.15, 0.2) is 42.5 Å². The second kappa shape index (κ2) is 8.96. The van der Waals surface area contributed by atoms with E-state index in [2.05, 4.69) is 34.5 Å². The molecule has 5 heteroatoms. The Kier molecular flexibility index (Phi) is 6.37. The highest BCUT2D eigenvalue weighted by Crippen LogP contribution is 2.28. The van der Waals surface area contributed by atoms with E-state index in [0.717, 1.165) is 18.5 Å². The van der Waals surface area contributed by atoms with Gasteiger partial charge in [0.1, 0.15) is 5.78 Å². The predicted molar refractivity (Wildman–Crippen MR) is 115 cm³/mol. The van der Waals surface area contributed by atoms with Gasteiger partial charge in [0.15, 0.2) is 0 Å². The molecule has 0 radical (unpaired) electrons. The maximum Gasteiger partial charge on any atom is 0.138 e. The quantitative estimate of drug-likeness (QED) is 0.730. The monoisotopic (exact) mass is 416 g/mol. The second-order valence-corrected chi connectivity index (χ2v) is 8.81. The first-order valence-electron chi connectivity index (χ1n) is 10.1. The average molecular weight is 417 g/mol. The van der Waals surface area contributed by atoms with Gasteiger partial charge in [-0.05, 0) is 61.2 Å². The van der Waals surface area contributed by atoms with Crippen LogP contribution >= 0.6 is 23.2 Å². The Bertz CT molecular complexity index is 848. The van der Waals surface area contributed by atoms with Crippen LogP contribution < -0.4 is 5.32 Å². The van der Waals surface area contributed by atoms with Crippen LogP contribution in [0.2, 0.25) is 10.0 Å². The number of carbonyl (C=O) groups excluding carboxylic acids is 1. The van der Waals surface area contributed by atoms with Crippen molar-refractivity contribution in [3.63, 3.8) is 0 Å². The normalized spacial score (nSPS) is 22.2. The summed E-state index contributed by atoms with van der Waals surface area (Å²) in [6.45, 7) is 3.39. The minimum absolute atomic E-state index is 0.178.